The molecule has 8 nitrogen and oxygen atoms in total. The molecule has 1 amide bonds. The number of benzene rings is 3. The lowest BCUT2D eigenvalue weighted by Crippen LogP contribution is -2.12. The summed E-state index contributed by atoms with van der Waals surface area (Å²) in [5.41, 5.74) is 1.26. The molecule has 3 rings (SSSR count). The predicted octanol–water partition coefficient (Wildman–Crippen LogP) is 4.19. The van der Waals surface area contributed by atoms with Crippen LogP contribution in [0, 0.1) is 0 Å². The Labute approximate surface area is 185 Å². The summed E-state index contributed by atoms with van der Waals surface area (Å²) in [6, 6.07) is 16.1. The number of hydrogen-bond acceptors (Lipinski definition) is 7. The van der Waals surface area contributed by atoms with Crippen molar-refractivity contribution < 1.29 is 33.3 Å². The maximum absolute atomic E-state index is 12.5. The van der Waals surface area contributed by atoms with E-state index in [0.717, 1.165) is 0 Å². The van der Waals surface area contributed by atoms with Crippen molar-refractivity contribution in [2.45, 2.75) is 0 Å². The number of carbonyl (C=O) groups is 2. The van der Waals surface area contributed by atoms with Crippen molar-refractivity contribution >= 4 is 17.6 Å². The van der Waals surface area contributed by atoms with Crippen LogP contribution in [-0.4, -0.2) is 40.3 Å². The Balaban J connectivity index is 1.66. The van der Waals surface area contributed by atoms with Crippen LogP contribution in [0.5, 0.6) is 28.7 Å². The van der Waals surface area contributed by atoms with Gasteiger partial charge in [0.25, 0.3) is 5.91 Å². The second-order valence-corrected chi connectivity index (χ2v) is 6.51. The second kappa shape index (κ2) is 10.2. The zero-order valence-electron chi connectivity index (χ0n) is 18.1. The molecule has 0 saturated heterocycles. The molecule has 0 aliphatic rings. The topological polar surface area (TPSA) is 92.3 Å². The maximum atomic E-state index is 12.5. The summed E-state index contributed by atoms with van der Waals surface area (Å²) >= 11 is 0. The van der Waals surface area contributed by atoms with Crippen LogP contribution in [0.1, 0.15) is 20.7 Å². The van der Waals surface area contributed by atoms with E-state index < -0.39 is 5.97 Å². The number of rotatable bonds is 8. The van der Waals surface area contributed by atoms with Crippen molar-refractivity contribution in [1.82, 2.24) is 0 Å². The van der Waals surface area contributed by atoms with Crippen LogP contribution >= 0.6 is 0 Å². The van der Waals surface area contributed by atoms with E-state index in [0.29, 0.717) is 45.6 Å². The molecule has 0 radical (unpaired) electrons. The van der Waals surface area contributed by atoms with E-state index in [9.17, 15) is 9.59 Å². The van der Waals surface area contributed by atoms with Gasteiger partial charge in [0, 0.05) is 11.3 Å². The number of hydrogen-bond donors (Lipinski definition) is 1. The Hall–Kier alpha value is -4.20. The smallest absolute Gasteiger partial charge is 0.343 e. The molecule has 32 heavy (non-hydrogen) atoms. The van der Waals surface area contributed by atoms with Gasteiger partial charge < -0.3 is 29.0 Å². The molecule has 166 valence electrons. The van der Waals surface area contributed by atoms with Gasteiger partial charge in [0.15, 0.2) is 23.0 Å². The van der Waals surface area contributed by atoms with E-state index >= 15 is 0 Å². The van der Waals surface area contributed by atoms with Crippen LogP contribution < -0.4 is 29.0 Å². The molecule has 0 saturated carbocycles. The zero-order valence-corrected chi connectivity index (χ0v) is 18.1. The normalized spacial score (nSPS) is 10.1. The maximum Gasteiger partial charge on any atom is 0.343 e. The lowest BCUT2D eigenvalue weighted by molar-refractivity contribution is 0.0734. The highest BCUT2D eigenvalue weighted by molar-refractivity contribution is 6.04. The summed E-state index contributed by atoms with van der Waals surface area (Å²) < 4.78 is 26.2. The van der Waals surface area contributed by atoms with Gasteiger partial charge in [-0.2, -0.15) is 0 Å². The Morgan fingerprint density at radius 1 is 0.625 bits per heavy atom. The van der Waals surface area contributed by atoms with Crippen LogP contribution in [0.2, 0.25) is 0 Å². The summed E-state index contributed by atoms with van der Waals surface area (Å²) in [6.45, 7) is 0. The first kappa shape index (κ1) is 22.5. The quantitative estimate of drug-likeness (QED) is 0.417. The molecule has 0 bridgehead atoms. The molecule has 1 N–H and O–H groups in total. The molecular weight excluding hydrogens is 414 g/mol. The third-order valence-corrected chi connectivity index (χ3v) is 4.59. The molecular formula is C24H23NO7. The summed E-state index contributed by atoms with van der Waals surface area (Å²) in [6.07, 6.45) is 0. The van der Waals surface area contributed by atoms with Gasteiger partial charge in [-0.25, -0.2) is 4.79 Å². The largest absolute Gasteiger partial charge is 0.493 e. The van der Waals surface area contributed by atoms with Crippen molar-refractivity contribution in [3.63, 3.8) is 0 Å². The Morgan fingerprint density at radius 3 is 1.66 bits per heavy atom. The van der Waals surface area contributed by atoms with Gasteiger partial charge in [0.1, 0.15) is 5.75 Å². The summed E-state index contributed by atoms with van der Waals surface area (Å²) in [4.78, 5) is 25.0. The molecule has 0 heterocycles. The van der Waals surface area contributed by atoms with Crippen molar-refractivity contribution in [2.24, 2.45) is 0 Å². The SMILES string of the molecule is COc1ccc(C(=O)Nc2ccc(OC(=O)c3ccc(OC)c(OC)c3)cc2)cc1OC. The van der Waals surface area contributed by atoms with Gasteiger partial charge in [-0.15, -0.1) is 0 Å². The van der Waals surface area contributed by atoms with Crippen molar-refractivity contribution in [3.05, 3.63) is 71.8 Å². The first-order chi connectivity index (χ1) is 15.5. The minimum atomic E-state index is -0.548. The molecule has 8 heteroatoms. The molecule has 3 aromatic rings. The number of carbonyl (C=O) groups excluding carboxylic acids is 2. The average Bonchev–Trinajstić information content (AvgIpc) is 2.84. The fourth-order valence-corrected chi connectivity index (χ4v) is 2.92. The van der Waals surface area contributed by atoms with Gasteiger partial charge in [0.2, 0.25) is 0 Å². The highest BCUT2D eigenvalue weighted by Gasteiger charge is 2.14. The van der Waals surface area contributed by atoms with Crippen LogP contribution in [0.15, 0.2) is 60.7 Å². The minimum absolute atomic E-state index is 0.313. The van der Waals surface area contributed by atoms with E-state index in [4.69, 9.17) is 23.7 Å². The third-order valence-electron chi connectivity index (χ3n) is 4.59. The predicted molar refractivity (Wildman–Crippen MR) is 118 cm³/mol. The van der Waals surface area contributed by atoms with Crippen LogP contribution in [-0.2, 0) is 0 Å². The van der Waals surface area contributed by atoms with E-state index in [1.807, 2.05) is 0 Å². The molecule has 0 aliphatic carbocycles. The van der Waals surface area contributed by atoms with Crippen molar-refractivity contribution in [2.75, 3.05) is 33.8 Å². The third kappa shape index (κ3) is 5.10. The molecule has 0 aromatic heterocycles. The number of ether oxygens (including phenoxy) is 5. The van der Waals surface area contributed by atoms with Gasteiger partial charge in [-0.3, -0.25) is 4.79 Å². The van der Waals surface area contributed by atoms with E-state index in [2.05, 4.69) is 5.32 Å². The summed E-state index contributed by atoms with van der Waals surface area (Å²) in [5, 5.41) is 2.78. The molecule has 0 spiro atoms. The molecule has 0 atom stereocenters. The number of nitrogens with one attached hydrogen (secondary N) is 1. The Kier molecular flexibility index (Phi) is 7.17. The second-order valence-electron chi connectivity index (χ2n) is 6.51. The van der Waals surface area contributed by atoms with E-state index in [1.165, 1.54) is 28.4 Å². The van der Waals surface area contributed by atoms with Gasteiger partial charge in [-0.1, -0.05) is 0 Å². The fourth-order valence-electron chi connectivity index (χ4n) is 2.92. The van der Waals surface area contributed by atoms with E-state index in [-0.39, 0.29) is 5.91 Å². The number of esters is 1. The number of methoxy groups -OCH3 is 4. The summed E-state index contributed by atoms with van der Waals surface area (Å²) in [5.74, 6) is 1.39. The van der Waals surface area contributed by atoms with Gasteiger partial charge >= 0.3 is 5.97 Å². The van der Waals surface area contributed by atoms with Crippen LogP contribution in [0.4, 0.5) is 5.69 Å². The van der Waals surface area contributed by atoms with E-state index in [1.54, 1.807) is 60.7 Å². The number of anilines is 1. The minimum Gasteiger partial charge on any atom is -0.493 e. The van der Waals surface area contributed by atoms with Gasteiger partial charge in [-0.05, 0) is 60.7 Å². The monoisotopic (exact) mass is 437 g/mol. The average molecular weight is 437 g/mol. The molecule has 0 aliphatic heterocycles. The molecule has 0 unspecified atom stereocenters. The Morgan fingerprint density at radius 2 is 1.12 bits per heavy atom. The number of amides is 1. The van der Waals surface area contributed by atoms with Crippen LogP contribution in [0.25, 0.3) is 0 Å². The standard InChI is InChI=1S/C24H23NO7/c1-28-19-11-5-15(13-21(19)30-3)23(26)25-17-7-9-18(10-8-17)32-24(27)16-6-12-20(29-2)22(14-16)31-4/h5-14H,1-4H3,(H,25,26). The fraction of sp³-hybridized carbons (Fsp3) is 0.167. The van der Waals surface area contributed by atoms with Crippen molar-refractivity contribution in [3.8, 4) is 28.7 Å². The van der Waals surface area contributed by atoms with Crippen LogP contribution in [0.3, 0.4) is 0 Å². The molecule has 3 aromatic carbocycles. The Bertz CT molecular complexity index is 1020. The highest BCUT2D eigenvalue weighted by Crippen LogP contribution is 2.29. The zero-order chi connectivity index (χ0) is 23.1. The first-order valence-electron chi connectivity index (χ1n) is 9.56. The first-order valence-corrected chi connectivity index (χ1v) is 9.56. The lowest BCUT2D eigenvalue weighted by atomic mass is 10.2. The van der Waals surface area contributed by atoms with Gasteiger partial charge in [0.05, 0.1) is 34.0 Å². The van der Waals surface area contributed by atoms with Crippen molar-refractivity contribution in [1.29, 1.82) is 0 Å². The highest BCUT2D eigenvalue weighted by atomic mass is 16.5. The summed E-state index contributed by atoms with van der Waals surface area (Å²) in [7, 11) is 6.03. The lowest BCUT2D eigenvalue weighted by Gasteiger charge is -2.11. The molecule has 0 fully saturated rings.